The van der Waals surface area contributed by atoms with Crippen LogP contribution in [0, 0.1) is 10.1 Å². The number of phenols is 1. The number of nitrogens with zero attached hydrogens (tertiary/aromatic N) is 1. The highest BCUT2D eigenvalue weighted by atomic mass is 32.2. The topological polar surface area (TPSA) is 119 Å². The van der Waals surface area contributed by atoms with Gasteiger partial charge in [-0.25, -0.2) is 0 Å². The summed E-state index contributed by atoms with van der Waals surface area (Å²) in [6.07, 6.45) is 0.125. The lowest BCUT2D eigenvalue weighted by molar-refractivity contribution is -0.386. The van der Waals surface area contributed by atoms with E-state index >= 15 is 0 Å². The van der Waals surface area contributed by atoms with E-state index in [1.54, 1.807) is 0 Å². The van der Waals surface area contributed by atoms with Crippen LogP contribution in [0.2, 0.25) is 0 Å². The van der Waals surface area contributed by atoms with Gasteiger partial charge in [0, 0.05) is 6.07 Å². The molecule has 20 heavy (non-hydrogen) atoms. The molecule has 0 saturated carbocycles. The van der Waals surface area contributed by atoms with Gasteiger partial charge in [0.25, 0.3) is 5.24 Å². The third-order valence-corrected chi connectivity index (χ3v) is 3.70. The monoisotopic (exact) mass is 298 g/mol. The zero-order chi connectivity index (χ0) is 14.9. The Hall–Kier alpha value is -2.29. The molecule has 0 radical (unpaired) electrons. The van der Waals surface area contributed by atoms with Crippen LogP contribution in [0.15, 0.2) is 12.1 Å². The number of amides is 2. The molecule has 1 heterocycles. The van der Waals surface area contributed by atoms with Gasteiger partial charge in [0.1, 0.15) is 0 Å². The van der Waals surface area contributed by atoms with Gasteiger partial charge in [-0.1, -0.05) is 11.8 Å². The summed E-state index contributed by atoms with van der Waals surface area (Å²) in [4.78, 5) is 32.6. The number of rotatable bonds is 4. The quantitative estimate of drug-likeness (QED) is 0.633. The Bertz CT molecular complexity index is 603. The lowest BCUT2D eigenvalue weighted by Gasteiger charge is -2.09. The van der Waals surface area contributed by atoms with Crippen molar-refractivity contribution in [1.82, 2.24) is 5.32 Å². The van der Waals surface area contributed by atoms with Crippen LogP contribution < -0.4 is 10.1 Å². The first-order valence-electron chi connectivity index (χ1n) is 5.48. The molecule has 1 aromatic rings. The van der Waals surface area contributed by atoms with Crippen molar-refractivity contribution in [3.8, 4) is 11.5 Å². The number of nitrogens with one attached hydrogen (secondary N) is 1. The fraction of sp³-hybridized carbons (Fsp3) is 0.273. The summed E-state index contributed by atoms with van der Waals surface area (Å²) < 4.78 is 4.86. The SMILES string of the molecule is COc1cc(CC2SC(=O)NC2=O)cc([N+](=O)[O-])c1O. The number of thioether (sulfide) groups is 1. The van der Waals surface area contributed by atoms with Crippen molar-refractivity contribution >= 4 is 28.6 Å². The van der Waals surface area contributed by atoms with E-state index in [-0.39, 0.29) is 12.2 Å². The van der Waals surface area contributed by atoms with Crippen LogP contribution in [0.3, 0.4) is 0 Å². The summed E-state index contributed by atoms with van der Waals surface area (Å²) in [6.45, 7) is 0. The average molecular weight is 298 g/mol. The minimum absolute atomic E-state index is 0.0519. The normalized spacial score (nSPS) is 17.9. The Morgan fingerprint density at radius 3 is 2.70 bits per heavy atom. The molecule has 0 spiro atoms. The molecule has 1 saturated heterocycles. The first-order chi connectivity index (χ1) is 9.42. The Morgan fingerprint density at radius 1 is 1.50 bits per heavy atom. The Balaban J connectivity index is 2.32. The number of carbonyl (C=O) groups is 2. The van der Waals surface area contributed by atoms with Crippen LogP contribution in [0.1, 0.15) is 5.56 Å². The maximum Gasteiger partial charge on any atom is 0.314 e. The van der Waals surface area contributed by atoms with Crippen LogP contribution in [-0.4, -0.2) is 33.5 Å². The Kier molecular flexibility index (Phi) is 3.79. The smallest absolute Gasteiger partial charge is 0.314 e. The van der Waals surface area contributed by atoms with Gasteiger partial charge in [-0.15, -0.1) is 0 Å². The summed E-state index contributed by atoms with van der Waals surface area (Å²) in [6, 6.07) is 2.56. The zero-order valence-corrected chi connectivity index (χ0v) is 11.1. The van der Waals surface area contributed by atoms with E-state index in [1.807, 2.05) is 0 Å². The van der Waals surface area contributed by atoms with Gasteiger partial charge in [-0.2, -0.15) is 0 Å². The number of hydrogen-bond donors (Lipinski definition) is 2. The Labute approximate surface area is 117 Å². The summed E-state index contributed by atoms with van der Waals surface area (Å²) in [5, 5.41) is 21.5. The molecule has 1 fully saturated rings. The van der Waals surface area contributed by atoms with E-state index < -0.39 is 32.8 Å². The molecule has 1 aromatic carbocycles. The number of aromatic hydroxyl groups is 1. The number of imide groups is 1. The van der Waals surface area contributed by atoms with Gasteiger partial charge < -0.3 is 9.84 Å². The number of carbonyl (C=O) groups excluding carboxylic acids is 2. The fourth-order valence-corrected chi connectivity index (χ4v) is 2.66. The molecule has 2 rings (SSSR count). The minimum Gasteiger partial charge on any atom is -0.500 e. The van der Waals surface area contributed by atoms with Crippen molar-refractivity contribution in [2.45, 2.75) is 11.7 Å². The summed E-state index contributed by atoms with van der Waals surface area (Å²) >= 11 is 0.828. The minimum atomic E-state index is -0.742. The molecule has 0 aromatic heterocycles. The number of phenolic OH excluding ortho intramolecular Hbond substituents is 1. The van der Waals surface area contributed by atoms with E-state index in [0.717, 1.165) is 17.8 Å². The number of methoxy groups -OCH3 is 1. The third kappa shape index (κ3) is 2.67. The lowest BCUT2D eigenvalue weighted by atomic mass is 10.1. The van der Waals surface area contributed by atoms with Gasteiger partial charge in [0.05, 0.1) is 17.3 Å². The molecule has 1 aliphatic heterocycles. The zero-order valence-electron chi connectivity index (χ0n) is 10.3. The van der Waals surface area contributed by atoms with Crippen LogP contribution in [0.25, 0.3) is 0 Å². The maximum atomic E-state index is 11.5. The maximum absolute atomic E-state index is 11.5. The predicted molar refractivity (Wildman–Crippen MR) is 69.9 cm³/mol. The van der Waals surface area contributed by atoms with Crippen LogP contribution in [0.5, 0.6) is 11.5 Å². The second-order valence-corrected chi connectivity index (χ2v) is 5.19. The molecule has 9 heteroatoms. The predicted octanol–water partition coefficient (Wildman–Crippen LogP) is 1.20. The van der Waals surface area contributed by atoms with Gasteiger partial charge in [0.2, 0.25) is 11.7 Å². The molecular weight excluding hydrogens is 288 g/mol. The lowest BCUT2D eigenvalue weighted by Crippen LogP contribution is -2.25. The number of nitro benzene ring substituents is 1. The standard InChI is InChI=1S/C11H10N2O6S/c1-19-7-3-5(2-6(9(7)14)13(17)18)4-8-10(15)12-11(16)20-8/h2-3,8,14H,4H2,1H3,(H,12,15,16). The van der Waals surface area contributed by atoms with Crippen LogP contribution in [0.4, 0.5) is 10.5 Å². The number of benzene rings is 1. The highest BCUT2D eigenvalue weighted by molar-refractivity contribution is 8.15. The molecule has 2 amide bonds. The molecule has 1 aliphatic rings. The molecule has 0 bridgehead atoms. The van der Waals surface area contributed by atoms with Crippen molar-refractivity contribution < 1.29 is 24.4 Å². The largest absolute Gasteiger partial charge is 0.500 e. The van der Waals surface area contributed by atoms with E-state index in [0.29, 0.717) is 5.56 Å². The first kappa shape index (κ1) is 14.1. The van der Waals surface area contributed by atoms with Crippen molar-refractivity contribution in [2.75, 3.05) is 7.11 Å². The van der Waals surface area contributed by atoms with Crippen molar-refractivity contribution in [1.29, 1.82) is 0 Å². The van der Waals surface area contributed by atoms with Crippen molar-refractivity contribution in [3.63, 3.8) is 0 Å². The fourth-order valence-electron chi connectivity index (χ4n) is 1.80. The molecular formula is C11H10N2O6S. The van der Waals surface area contributed by atoms with E-state index in [9.17, 15) is 24.8 Å². The van der Waals surface area contributed by atoms with Crippen LogP contribution in [-0.2, 0) is 11.2 Å². The Morgan fingerprint density at radius 2 is 2.20 bits per heavy atom. The molecule has 1 unspecified atom stereocenters. The van der Waals surface area contributed by atoms with Crippen molar-refractivity contribution in [2.24, 2.45) is 0 Å². The van der Waals surface area contributed by atoms with Gasteiger partial charge in [0.15, 0.2) is 5.75 Å². The third-order valence-electron chi connectivity index (χ3n) is 2.72. The number of nitro groups is 1. The van der Waals surface area contributed by atoms with E-state index in [4.69, 9.17) is 4.74 Å². The van der Waals surface area contributed by atoms with Crippen LogP contribution >= 0.6 is 11.8 Å². The number of ether oxygens (including phenoxy) is 1. The molecule has 8 nitrogen and oxygen atoms in total. The van der Waals surface area contributed by atoms with E-state index in [1.165, 1.54) is 13.2 Å². The van der Waals surface area contributed by atoms with Crippen molar-refractivity contribution in [3.05, 3.63) is 27.8 Å². The van der Waals surface area contributed by atoms with Gasteiger partial charge in [-0.05, 0) is 18.1 Å². The average Bonchev–Trinajstić information content (AvgIpc) is 2.69. The van der Waals surface area contributed by atoms with Gasteiger partial charge >= 0.3 is 5.69 Å². The molecule has 1 atom stereocenters. The second kappa shape index (κ2) is 5.37. The first-order valence-corrected chi connectivity index (χ1v) is 6.36. The summed E-state index contributed by atoms with van der Waals surface area (Å²) in [5.74, 6) is -1.06. The molecule has 0 aliphatic carbocycles. The molecule has 106 valence electrons. The summed E-state index contributed by atoms with van der Waals surface area (Å²) in [7, 11) is 1.27. The number of hydrogen-bond acceptors (Lipinski definition) is 7. The summed E-state index contributed by atoms with van der Waals surface area (Å²) in [5.41, 5.74) is -0.0808. The van der Waals surface area contributed by atoms with E-state index in [2.05, 4.69) is 5.32 Å². The highest BCUT2D eigenvalue weighted by Gasteiger charge is 2.32. The molecule has 2 N–H and O–H groups in total. The van der Waals surface area contributed by atoms with Gasteiger partial charge in [-0.3, -0.25) is 25.0 Å². The second-order valence-electron chi connectivity index (χ2n) is 4.01. The highest BCUT2D eigenvalue weighted by Crippen LogP contribution is 2.38.